The van der Waals surface area contributed by atoms with Gasteiger partial charge < -0.3 is 10.1 Å². The fourth-order valence-electron chi connectivity index (χ4n) is 2.10. The van der Waals surface area contributed by atoms with Crippen molar-refractivity contribution in [3.05, 3.63) is 42.7 Å². The predicted molar refractivity (Wildman–Crippen MR) is 68.0 cm³/mol. The number of rotatable bonds is 2. The minimum Gasteiger partial charge on any atom is -0.493 e. The van der Waals surface area contributed by atoms with Crippen LogP contribution in [0.1, 0.15) is 0 Å². The molecule has 0 fully saturated rings. The van der Waals surface area contributed by atoms with Crippen molar-refractivity contribution in [2.75, 3.05) is 0 Å². The quantitative estimate of drug-likeness (QED) is 0.596. The van der Waals surface area contributed by atoms with Gasteiger partial charge in [0.2, 0.25) is 5.88 Å². The second kappa shape index (κ2) is 3.96. The molecule has 0 aliphatic carbocycles. The number of nitrogens with zero attached hydrogens (tertiary/aromatic N) is 2. The number of hydrogen-bond donors (Lipinski definition) is 3. The van der Waals surface area contributed by atoms with Crippen LogP contribution in [0.4, 0.5) is 5.69 Å². The zero-order valence-corrected chi connectivity index (χ0v) is 9.38. The predicted octanol–water partition coefficient (Wildman–Crippen LogP) is 3.60. The lowest BCUT2D eigenvalue weighted by molar-refractivity contribution is 0.459. The molecule has 0 radical (unpaired) electrons. The molecular weight excluding hydrogens is 228 g/mol. The summed E-state index contributed by atoms with van der Waals surface area (Å²) in [6.45, 7) is 0. The molecule has 0 unspecified atom stereocenters. The topological polar surface area (TPSA) is 85.1 Å². The average molecular weight is 238 g/mol. The molecule has 5 nitrogen and oxygen atoms in total. The molecule has 0 amide bonds. The molecular formula is C13H10N4O. The zero-order chi connectivity index (χ0) is 12.5. The fourth-order valence-corrected chi connectivity index (χ4v) is 2.10. The van der Waals surface area contributed by atoms with Crippen LogP contribution in [0.3, 0.4) is 0 Å². The molecule has 0 atom stereocenters. The van der Waals surface area contributed by atoms with Crippen molar-refractivity contribution in [3.63, 3.8) is 0 Å². The highest BCUT2D eigenvalue weighted by molar-refractivity contribution is 6.04. The first-order chi connectivity index (χ1) is 8.81. The number of aromatic nitrogens is 2. The van der Waals surface area contributed by atoms with Gasteiger partial charge in [0.25, 0.3) is 0 Å². The summed E-state index contributed by atoms with van der Waals surface area (Å²) in [6.07, 6.45) is 3.41. The van der Waals surface area contributed by atoms with Gasteiger partial charge in [0.15, 0.2) is 5.69 Å². The summed E-state index contributed by atoms with van der Waals surface area (Å²) in [5.41, 5.74) is 10.1. The summed E-state index contributed by atoms with van der Waals surface area (Å²) in [4.78, 5) is 6.80. The molecule has 0 aliphatic heterocycles. The summed E-state index contributed by atoms with van der Waals surface area (Å²) in [6, 6.07) is 9.43. The van der Waals surface area contributed by atoms with E-state index < -0.39 is 0 Å². The summed E-state index contributed by atoms with van der Waals surface area (Å²) < 4.78 is 0. The van der Waals surface area contributed by atoms with E-state index in [-0.39, 0.29) is 11.6 Å². The first-order valence-corrected chi connectivity index (χ1v) is 5.43. The molecule has 5 heteroatoms. The third kappa shape index (κ3) is 1.45. The van der Waals surface area contributed by atoms with Crippen LogP contribution in [-0.2, 0) is 0 Å². The van der Waals surface area contributed by atoms with Crippen LogP contribution >= 0.6 is 0 Å². The second-order valence-electron chi connectivity index (χ2n) is 3.90. The van der Waals surface area contributed by atoms with E-state index >= 15 is 0 Å². The third-order valence-corrected chi connectivity index (χ3v) is 2.88. The summed E-state index contributed by atoms with van der Waals surface area (Å²) >= 11 is 0. The Kier molecular flexibility index (Phi) is 2.30. The molecule has 3 aromatic rings. The number of aromatic amines is 1. The molecule has 0 saturated heterocycles. The maximum atomic E-state index is 9.72. The number of aromatic hydroxyl groups is 1. The number of benzene rings is 1. The highest BCUT2D eigenvalue weighted by Crippen LogP contribution is 2.40. The number of hydrogen-bond acceptors (Lipinski definition) is 4. The van der Waals surface area contributed by atoms with Crippen LogP contribution in [0.15, 0.2) is 47.8 Å². The average Bonchev–Trinajstić information content (AvgIpc) is 2.74. The molecule has 2 aromatic heterocycles. The Hall–Kier alpha value is -2.69. The van der Waals surface area contributed by atoms with Crippen LogP contribution in [0.5, 0.6) is 5.88 Å². The van der Waals surface area contributed by atoms with Crippen molar-refractivity contribution >= 4 is 16.6 Å². The molecule has 88 valence electrons. The van der Waals surface area contributed by atoms with Gasteiger partial charge >= 0.3 is 0 Å². The molecule has 2 heterocycles. The highest BCUT2D eigenvalue weighted by atomic mass is 16.3. The molecule has 1 aromatic carbocycles. The lowest BCUT2D eigenvalue weighted by Crippen LogP contribution is -1.79. The van der Waals surface area contributed by atoms with E-state index in [0.29, 0.717) is 0 Å². The number of H-pyrrole nitrogens is 1. The summed E-state index contributed by atoms with van der Waals surface area (Å²) in [5, 5.41) is 13.9. The van der Waals surface area contributed by atoms with E-state index in [1.54, 1.807) is 12.4 Å². The van der Waals surface area contributed by atoms with Crippen LogP contribution in [0.2, 0.25) is 0 Å². The molecule has 0 aliphatic rings. The van der Waals surface area contributed by atoms with E-state index in [9.17, 15) is 5.11 Å². The minimum atomic E-state index is -0.0819. The van der Waals surface area contributed by atoms with Gasteiger partial charge in [-0.2, -0.15) is 5.11 Å². The number of nitrogens with one attached hydrogen (secondary N) is 2. The Morgan fingerprint density at radius 2 is 1.94 bits per heavy atom. The largest absolute Gasteiger partial charge is 0.493 e. The van der Waals surface area contributed by atoms with Crippen molar-refractivity contribution in [2.24, 2.45) is 5.11 Å². The van der Waals surface area contributed by atoms with Gasteiger partial charge in [-0.3, -0.25) is 4.98 Å². The Bertz CT molecular complexity index is 718. The first-order valence-electron chi connectivity index (χ1n) is 5.43. The van der Waals surface area contributed by atoms with Gasteiger partial charge in [-0.05, 0) is 29.3 Å². The van der Waals surface area contributed by atoms with E-state index in [4.69, 9.17) is 5.53 Å². The van der Waals surface area contributed by atoms with E-state index in [0.717, 1.165) is 22.0 Å². The molecule has 0 saturated carbocycles. The molecule has 3 rings (SSSR count). The molecule has 3 N–H and O–H groups in total. The van der Waals surface area contributed by atoms with Gasteiger partial charge in [-0.15, -0.1) is 0 Å². The third-order valence-electron chi connectivity index (χ3n) is 2.88. The van der Waals surface area contributed by atoms with Crippen LogP contribution in [0, 0.1) is 5.53 Å². The number of fused-ring (bicyclic) bond motifs is 1. The maximum Gasteiger partial charge on any atom is 0.218 e. The van der Waals surface area contributed by atoms with Crippen molar-refractivity contribution in [3.8, 4) is 17.0 Å². The van der Waals surface area contributed by atoms with Crippen molar-refractivity contribution < 1.29 is 5.11 Å². The second-order valence-corrected chi connectivity index (χ2v) is 3.90. The molecule has 0 bridgehead atoms. The first kappa shape index (κ1) is 10.5. The molecule has 18 heavy (non-hydrogen) atoms. The van der Waals surface area contributed by atoms with Crippen LogP contribution < -0.4 is 0 Å². The Balaban J connectivity index is 2.40. The summed E-state index contributed by atoms with van der Waals surface area (Å²) in [5.74, 6) is -0.0819. The smallest absolute Gasteiger partial charge is 0.218 e. The maximum absolute atomic E-state index is 9.72. The Morgan fingerprint density at radius 1 is 1.17 bits per heavy atom. The minimum absolute atomic E-state index is 0.0819. The van der Waals surface area contributed by atoms with Gasteiger partial charge in [0.1, 0.15) is 0 Å². The van der Waals surface area contributed by atoms with Crippen molar-refractivity contribution in [1.82, 2.24) is 9.97 Å². The van der Waals surface area contributed by atoms with Crippen LogP contribution in [0.25, 0.3) is 22.0 Å². The Morgan fingerprint density at radius 3 is 2.67 bits per heavy atom. The van der Waals surface area contributed by atoms with Crippen molar-refractivity contribution in [2.45, 2.75) is 0 Å². The van der Waals surface area contributed by atoms with Gasteiger partial charge in [0, 0.05) is 17.8 Å². The highest BCUT2D eigenvalue weighted by Gasteiger charge is 2.14. The molecule has 0 spiro atoms. The normalized spacial score (nSPS) is 10.7. The Labute approximate surface area is 103 Å². The van der Waals surface area contributed by atoms with E-state index in [1.165, 1.54) is 0 Å². The van der Waals surface area contributed by atoms with Gasteiger partial charge in [-0.25, -0.2) is 5.53 Å². The van der Waals surface area contributed by atoms with Crippen molar-refractivity contribution in [1.29, 1.82) is 5.53 Å². The monoisotopic (exact) mass is 238 g/mol. The van der Waals surface area contributed by atoms with Gasteiger partial charge in [-0.1, -0.05) is 12.1 Å². The van der Waals surface area contributed by atoms with Crippen LogP contribution in [-0.4, -0.2) is 15.1 Å². The van der Waals surface area contributed by atoms with E-state index in [1.807, 2.05) is 30.3 Å². The lowest BCUT2D eigenvalue weighted by Gasteiger charge is -2.03. The summed E-state index contributed by atoms with van der Waals surface area (Å²) in [7, 11) is 0. The van der Waals surface area contributed by atoms with E-state index in [2.05, 4.69) is 15.1 Å². The van der Waals surface area contributed by atoms with Gasteiger partial charge in [0.05, 0.1) is 5.52 Å². The zero-order valence-electron chi connectivity index (χ0n) is 9.38. The fraction of sp³-hybridized carbons (Fsp3) is 0. The number of pyridine rings is 1. The standard InChI is InChI=1S/C13H10N4O/c14-17-12-11-9(8-4-6-15-7-5-8)2-1-3-10(11)16-13(12)18/h1-7,14,16,18H. The SMILES string of the molecule is N=Nc1c(O)[nH]c2cccc(-c3ccncc3)c12. The lowest BCUT2D eigenvalue weighted by atomic mass is 10.0.